The van der Waals surface area contributed by atoms with Gasteiger partial charge in [0.1, 0.15) is 5.82 Å². The molecule has 17 heavy (non-hydrogen) atoms. The average Bonchev–Trinajstić information content (AvgIpc) is 2.34. The number of hydrogen-bond donors (Lipinski definition) is 0. The maximum Gasteiger partial charge on any atom is 0.128 e. The van der Waals surface area contributed by atoms with Gasteiger partial charge in [0.15, 0.2) is 0 Å². The summed E-state index contributed by atoms with van der Waals surface area (Å²) in [7, 11) is 0. The molecule has 0 aliphatic heterocycles. The summed E-state index contributed by atoms with van der Waals surface area (Å²) in [5.74, 6) is 1.69. The summed E-state index contributed by atoms with van der Waals surface area (Å²) in [5.41, 5.74) is 1.32. The molecule has 0 fully saturated rings. The van der Waals surface area contributed by atoms with Gasteiger partial charge in [0, 0.05) is 19.3 Å². The van der Waals surface area contributed by atoms with Crippen LogP contribution in [0.5, 0.6) is 0 Å². The highest BCUT2D eigenvalue weighted by Gasteiger charge is 2.07. The van der Waals surface area contributed by atoms with Crippen LogP contribution in [0.1, 0.15) is 58.4 Å². The van der Waals surface area contributed by atoms with Gasteiger partial charge in [-0.3, -0.25) is 0 Å². The number of nitrogens with zero attached hydrogens (tertiary/aromatic N) is 2. The van der Waals surface area contributed by atoms with Crippen LogP contribution in [0.2, 0.25) is 0 Å². The summed E-state index contributed by atoms with van der Waals surface area (Å²) in [4.78, 5) is 6.99. The van der Waals surface area contributed by atoms with Crippen LogP contribution < -0.4 is 4.90 Å². The molecule has 0 bridgehead atoms. The standard InChI is InChI=1S/C15H26N2/c1-5-7-11-17(10-6-2)15-9-8-14(12-16-15)13(3)4/h8-9,12-13H,5-7,10-11H2,1-4H3. The number of rotatable bonds is 7. The molecule has 0 aromatic carbocycles. The van der Waals surface area contributed by atoms with Crippen LogP contribution in [0.3, 0.4) is 0 Å². The minimum Gasteiger partial charge on any atom is -0.357 e. The Bertz CT molecular complexity index is 303. The summed E-state index contributed by atoms with van der Waals surface area (Å²) in [6.45, 7) is 11.1. The minimum absolute atomic E-state index is 0.562. The van der Waals surface area contributed by atoms with Crippen LogP contribution in [0.4, 0.5) is 5.82 Å². The monoisotopic (exact) mass is 234 g/mol. The van der Waals surface area contributed by atoms with Crippen molar-refractivity contribution in [3.05, 3.63) is 23.9 Å². The summed E-state index contributed by atoms with van der Waals surface area (Å²) in [6.07, 6.45) is 5.68. The van der Waals surface area contributed by atoms with E-state index in [1.165, 1.54) is 24.8 Å². The van der Waals surface area contributed by atoms with E-state index >= 15 is 0 Å². The lowest BCUT2D eigenvalue weighted by Gasteiger charge is -2.23. The molecule has 0 aliphatic carbocycles. The van der Waals surface area contributed by atoms with Crippen molar-refractivity contribution in [2.75, 3.05) is 18.0 Å². The first-order chi connectivity index (χ1) is 8.19. The van der Waals surface area contributed by atoms with Crippen molar-refractivity contribution in [3.8, 4) is 0 Å². The molecule has 1 rings (SSSR count). The van der Waals surface area contributed by atoms with Crippen molar-refractivity contribution in [2.45, 2.75) is 52.9 Å². The Balaban J connectivity index is 2.72. The average molecular weight is 234 g/mol. The van der Waals surface area contributed by atoms with E-state index < -0.39 is 0 Å². The number of pyridine rings is 1. The van der Waals surface area contributed by atoms with Crippen LogP contribution >= 0.6 is 0 Å². The van der Waals surface area contributed by atoms with E-state index in [9.17, 15) is 0 Å². The predicted molar refractivity (Wildman–Crippen MR) is 75.7 cm³/mol. The van der Waals surface area contributed by atoms with E-state index in [-0.39, 0.29) is 0 Å². The van der Waals surface area contributed by atoms with Gasteiger partial charge in [0.05, 0.1) is 0 Å². The number of hydrogen-bond acceptors (Lipinski definition) is 2. The van der Waals surface area contributed by atoms with E-state index in [1.807, 2.05) is 6.20 Å². The van der Waals surface area contributed by atoms with Crippen molar-refractivity contribution in [1.82, 2.24) is 4.98 Å². The molecule has 0 saturated carbocycles. The summed E-state index contributed by atoms with van der Waals surface area (Å²) >= 11 is 0. The van der Waals surface area contributed by atoms with Gasteiger partial charge in [0.2, 0.25) is 0 Å². The highest BCUT2D eigenvalue weighted by atomic mass is 15.2. The van der Waals surface area contributed by atoms with E-state index in [2.05, 4.69) is 49.7 Å². The van der Waals surface area contributed by atoms with Crippen LogP contribution in [0, 0.1) is 0 Å². The Morgan fingerprint density at radius 2 is 1.88 bits per heavy atom. The van der Waals surface area contributed by atoms with Crippen molar-refractivity contribution in [2.24, 2.45) is 0 Å². The summed E-state index contributed by atoms with van der Waals surface area (Å²) in [6, 6.07) is 4.38. The van der Waals surface area contributed by atoms with Crippen LogP contribution in [0.25, 0.3) is 0 Å². The van der Waals surface area contributed by atoms with Gasteiger partial charge in [-0.05, 0) is 30.4 Å². The van der Waals surface area contributed by atoms with Gasteiger partial charge in [-0.2, -0.15) is 0 Å². The smallest absolute Gasteiger partial charge is 0.128 e. The fourth-order valence-electron chi connectivity index (χ4n) is 1.89. The number of aromatic nitrogens is 1. The van der Waals surface area contributed by atoms with E-state index in [0.717, 1.165) is 18.9 Å². The molecule has 2 heteroatoms. The number of unbranched alkanes of at least 4 members (excludes halogenated alkanes) is 1. The molecule has 0 saturated heterocycles. The van der Waals surface area contributed by atoms with Crippen molar-refractivity contribution >= 4 is 5.82 Å². The van der Waals surface area contributed by atoms with Gasteiger partial charge in [-0.1, -0.05) is 40.2 Å². The quantitative estimate of drug-likeness (QED) is 0.702. The van der Waals surface area contributed by atoms with Crippen molar-refractivity contribution < 1.29 is 0 Å². The molecule has 0 N–H and O–H groups in total. The molecule has 0 spiro atoms. The third kappa shape index (κ3) is 4.37. The SMILES string of the molecule is CCCCN(CCC)c1ccc(C(C)C)cn1. The van der Waals surface area contributed by atoms with Gasteiger partial charge in [0.25, 0.3) is 0 Å². The summed E-state index contributed by atoms with van der Waals surface area (Å²) < 4.78 is 0. The molecule has 1 aromatic heterocycles. The van der Waals surface area contributed by atoms with Crippen molar-refractivity contribution in [3.63, 3.8) is 0 Å². The predicted octanol–water partition coefficient (Wildman–Crippen LogP) is 4.22. The second-order valence-electron chi connectivity index (χ2n) is 4.95. The first-order valence-electron chi connectivity index (χ1n) is 6.89. The van der Waals surface area contributed by atoms with Gasteiger partial charge >= 0.3 is 0 Å². The Morgan fingerprint density at radius 1 is 1.12 bits per heavy atom. The van der Waals surface area contributed by atoms with E-state index in [1.54, 1.807) is 0 Å². The lowest BCUT2D eigenvalue weighted by atomic mass is 10.1. The Hall–Kier alpha value is -1.05. The summed E-state index contributed by atoms with van der Waals surface area (Å²) in [5, 5.41) is 0. The zero-order valence-corrected chi connectivity index (χ0v) is 11.7. The largest absolute Gasteiger partial charge is 0.357 e. The second-order valence-corrected chi connectivity index (χ2v) is 4.95. The topological polar surface area (TPSA) is 16.1 Å². The molecular formula is C15H26N2. The Morgan fingerprint density at radius 3 is 2.35 bits per heavy atom. The molecule has 0 unspecified atom stereocenters. The fourth-order valence-corrected chi connectivity index (χ4v) is 1.89. The molecule has 1 heterocycles. The van der Waals surface area contributed by atoms with Crippen molar-refractivity contribution in [1.29, 1.82) is 0 Å². The lowest BCUT2D eigenvalue weighted by molar-refractivity contribution is 0.695. The molecule has 0 radical (unpaired) electrons. The molecule has 96 valence electrons. The minimum atomic E-state index is 0.562. The molecule has 0 aliphatic rings. The third-order valence-electron chi connectivity index (χ3n) is 3.04. The highest BCUT2D eigenvalue weighted by Crippen LogP contribution is 2.17. The van der Waals surface area contributed by atoms with Crippen LogP contribution in [-0.4, -0.2) is 18.1 Å². The van der Waals surface area contributed by atoms with Gasteiger partial charge in [-0.25, -0.2) is 4.98 Å². The lowest BCUT2D eigenvalue weighted by Crippen LogP contribution is -2.26. The molecule has 0 atom stereocenters. The molecule has 2 nitrogen and oxygen atoms in total. The fraction of sp³-hybridized carbons (Fsp3) is 0.667. The Labute approximate surface area is 106 Å². The zero-order chi connectivity index (χ0) is 12.7. The highest BCUT2D eigenvalue weighted by molar-refractivity contribution is 5.39. The molecule has 0 amide bonds. The molecule has 1 aromatic rings. The van der Waals surface area contributed by atoms with Gasteiger partial charge in [-0.15, -0.1) is 0 Å². The molecular weight excluding hydrogens is 208 g/mol. The van der Waals surface area contributed by atoms with Crippen LogP contribution in [-0.2, 0) is 0 Å². The first kappa shape index (κ1) is 14.0. The second kappa shape index (κ2) is 7.31. The normalized spacial score (nSPS) is 10.9. The first-order valence-corrected chi connectivity index (χ1v) is 6.89. The number of anilines is 1. The van der Waals surface area contributed by atoms with E-state index in [0.29, 0.717) is 5.92 Å². The zero-order valence-electron chi connectivity index (χ0n) is 11.7. The third-order valence-corrected chi connectivity index (χ3v) is 3.04. The van der Waals surface area contributed by atoms with Crippen LogP contribution in [0.15, 0.2) is 18.3 Å². The van der Waals surface area contributed by atoms with Gasteiger partial charge < -0.3 is 4.90 Å². The maximum absolute atomic E-state index is 4.60. The van der Waals surface area contributed by atoms with E-state index in [4.69, 9.17) is 0 Å². The Kier molecular flexibility index (Phi) is 6.03. The maximum atomic E-state index is 4.60.